The molecule has 0 aliphatic carbocycles. The fraction of sp³-hybridized carbons (Fsp3) is 0.750. The third-order valence-electron chi connectivity index (χ3n) is 2.61. The smallest absolute Gasteiger partial charge is 0.277 e. The van der Waals surface area contributed by atoms with Crippen LogP contribution in [0.3, 0.4) is 0 Å². The third-order valence-corrected chi connectivity index (χ3v) is 3.70. The van der Waals surface area contributed by atoms with E-state index in [2.05, 4.69) is 35.0 Å². The van der Waals surface area contributed by atoms with Crippen LogP contribution in [0.25, 0.3) is 0 Å². The van der Waals surface area contributed by atoms with E-state index in [0.717, 1.165) is 26.1 Å². The summed E-state index contributed by atoms with van der Waals surface area (Å²) in [5.74, 6) is -2.36. The van der Waals surface area contributed by atoms with Crippen molar-refractivity contribution in [2.45, 2.75) is 25.0 Å². The lowest BCUT2D eigenvalue weighted by molar-refractivity contribution is -0.171. The van der Waals surface area contributed by atoms with E-state index in [0.29, 0.717) is 0 Å². The van der Waals surface area contributed by atoms with E-state index in [1.165, 1.54) is 0 Å². The molecule has 1 aliphatic rings. The maximum Gasteiger partial charge on any atom is 0.277 e. The predicted molar refractivity (Wildman–Crippen MR) is 89.3 cm³/mol. The van der Waals surface area contributed by atoms with Crippen molar-refractivity contribution in [2.24, 2.45) is 9.98 Å². The van der Waals surface area contributed by atoms with Gasteiger partial charge >= 0.3 is 0 Å². The average Bonchev–Trinajstić information content (AvgIpc) is 2.71. The van der Waals surface area contributed by atoms with Crippen LogP contribution >= 0.6 is 12.4 Å². The minimum absolute atomic E-state index is 0. The van der Waals surface area contributed by atoms with Crippen molar-refractivity contribution >= 4 is 40.3 Å². The highest BCUT2D eigenvalue weighted by Gasteiger charge is 2.45. The second-order valence-corrected chi connectivity index (χ2v) is 6.46. The standard InChI is InChI=1S/C8H17N3.C4H5NO6S.ClH/c1-4-9-8-10-6-5-7-11(2)3;6-3-1-2(12(9,10)11)4(7)5(3)8;/h4-7H2,1-3H3;2,8H,1H2,(H,9,10,11);1H. The van der Waals surface area contributed by atoms with Gasteiger partial charge < -0.3 is 4.90 Å². The molecule has 0 spiro atoms. The number of rotatable bonds is 6. The molecular formula is C12H23ClN4O6S. The van der Waals surface area contributed by atoms with Gasteiger partial charge in [-0.3, -0.25) is 19.3 Å². The summed E-state index contributed by atoms with van der Waals surface area (Å²) < 4.78 is 29.1. The summed E-state index contributed by atoms with van der Waals surface area (Å²) in [4.78, 5) is 31.2. The molecule has 1 aliphatic heterocycles. The summed E-state index contributed by atoms with van der Waals surface area (Å²) in [5, 5.41) is 6.40. The lowest BCUT2D eigenvalue weighted by Gasteiger charge is -2.05. The Morgan fingerprint density at radius 3 is 2.25 bits per heavy atom. The highest BCUT2D eigenvalue weighted by Crippen LogP contribution is 2.16. The Labute approximate surface area is 147 Å². The molecule has 0 radical (unpaired) electrons. The number of nitrogens with zero attached hydrogens (tertiary/aromatic N) is 4. The van der Waals surface area contributed by atoms with E-state index in [9.17, 15) is 18.0 Å². The predicted octanol–water partition coefficient (Wildman–Crippen LogP) is -0.0554. The van der Waals surface area contributed by atoms with E-state index in [4.69, 9.17) is 9.76 Å². The van der Waals surface area contributed by atoms with Gasteiger partial charge in [0.25, 0.3) is 21.9 Å². The summed E-state index contributed by atoms with van der Waals surface area (Å²) in [6, 6.07) is 2.64. The third kappa shape index (κ3) is 9.71. The number of halogens is 1. The fourth-order valence-electron chi connectivity index (χ4n) is 1.46. The van der Waals surface area contributed by atoms with Crippen LogP contribution in [0.15, 0.2) is 9.98 Å². The highest BCUT2D eigenvalue weighted by molar-refractivity contribution is 7.87. The molecule has 2 N–H and O–H groups in total. The Morgan fingerprint density at radius 2 is 1.92 bits per heavy atom. The monoisotopic (exact) mass is 386 g/mol. The molecule has 0 aromatic rings. The number of aliphatic imine (C=N–C) groups is 2. The van der Waals surface area contributed by atoms with Crippen molar-refractivity contribution in [2.75, 3.05) is 33.7 Å². The van der Waals surface area contributed by atoms with E-state index in [1.807, 2.05) is 6.92 Å². The Kier molecular flexibility index (Phi) is 12.5. The van der Waals surface area contributed by atoms with Gasteiger partial charge in [0.05, 0.1) is 19.0 Å². The van der Waals surface area contributed by atoms with Gasteiger partial charge in [0.15, 0.2) is 5.25 Å². The Morgan fingerprint density at radius 1 is 1.33 bits per heavy atom. The molecular weight excluding hydrogens is 364 g/mol. The zero-order valence-electron chi connectivity index (χ0n) is 13.7. The highest BCUT2D eigenvalue weighted by atomic mass is 35.5. The molecule has 1 atom stereocenters. The molecule has 1 rings (SSSR count). The van der Waals surface area contributed by atoms with Crippen LogP contribution in [-0.4, -0.2) is 84.9 Å². The molecule has 0 saturated carbocycles. The number of carbonyl (C=O) groups is 2. The van der Waals surface area contributed by atoms with Crippen molar-refractivity contribution in [1.82, 2.24) is 9.96 Å². The van der Waals surface area contributed by atoms with Gasteiger partial charge in [0.1, 0.15) is 0 Å². The van der Waals surface area contributed by atoms with Crippen LogP contribution in [0.5, 0.6) is 0 Å². The average molecular weight is 387 g/mol. The SMILES string of the molecule is CCN=C=NCCCN(C)C.Cl.O=C1CC(S(=O)(=O)O)C(=O)N1O. The van der Waals surface area contributed by atoms with Crippen LogP contribution in [-0.2, 0) is 19.7 Å². The fourth-order valence-corrected chi connectivity index (χ4v) is 2.17. The summed E-state index contributed by atoms with van der Waals surface area (Å²) in [7, 11) is -0.471. The molecule has 140 valence electrons. The zero-order valence-corrected chi connectivity index (χ0v) is 15.4. The van der Waals surface area contributed by atoms with Gasteiger partial charge in [-0.25, -0.2) is 9.98 Å². The molecule has 1 fully saturated rings. The van der Waals surface area contributed by atoms with E-state index < -0.39 is 33.6 Å². The first-order chi connectivity index (χ1) is 10.6. The first-order valence-corrected chi connectivity index (χ1v) is 8.36. The van der Waals surface area contributed by atoms with Gasteiger partial charge in [-0.05, 0) is 34.0 Å². The van der Waals surface area contributed by atoms with Crippen LogP contribution < -0.4 is 0 Å². The second-order valence-electron chi connectivity index (χ2n) is 4.86. The van der Waals surface area contributed by atoms with Gasteiger partial charge in [-0.2, -0.15) is 13.5 Å². The summed E-state index contributed by atoms with van der Waals surface area (Å²) in [5.41, 5.74) is 0. The number of carbonyl (C=O) groups excluding carboxylic acids is 2. The van der Waals surface area contributed by atoms with Crippen LogP contribution in [0.2, 0.25) is 0 Å². The second kappa shape index (κ2) is 12.1. The number of hydroxylamine groups is 2. The molecule has 1 heterocycles. The molecule has 0 aromatic heterocycles. The largest absolute Gasteiger partial charge is 0.309 e. The van der Waals surface area contributed by atoms with E-state index in [1.54, 1.807) is 0 Å². The molecule has 0 aromatic carbocycles. The Hall–Kier alpha value is -1.36. The molecule has 1 unspecified atom stereocenters. The number of hydrogen-bond acceptors (Lipinski definition) is 8. The van der Waals surface area contributed by atoms with Gasteiger partial charge in [-0.1, -0.05) is 0 Å². The van der Waals surface area contributed by atoms with Crippen molar-refractivity contribution in [1.29, 1.82) is 0 Å². The van der Waals surface area contributed by atoms with Gasteiger partial charge in [0.2, 0.25) is 0 Å². The van der Waals surface area contributed by atoms with Gasteiger partial charge in [0, 0.05) is 6.54 Å². The number of amides is 2. The molecule has 1 saturated heterocycles. The topological polar surface area (TPSA) is 140 Å². The normalized spacial score (nSPS) is 16.9. The Balaban J connectivity index is 0. The van der Waals surface area contributed by atoms with Crippen molar-refractivity contribution in [3.8, 4) is 0 Å². The lowest BCUT2D eigenvalue weighted by atomic mass is 10.4. The van der Waals surface area contributed by atoms with E-state index in [-0.39, 0.29) is 17.5 Å². The number of hydrogen-bond donors (Lipinski definition) is 2. The Bertz CT molecular complexity index is 574. The van der Waals surface area contributed by atoms with Gasteiger partial charge in [-0.15, -0.1) is 12.4 Å². The van der Waals surface area contributed by atoms with Crippen LogP contribution in [0.4, 0.5) is 0 Å². The first kappa shape index (κ1) is 24.9. The van der Waals surface area contributed by atoms with Crippen molar-refractivity contribution in [3.05, 3.63) is 0 Å². The van der Waals surface area contributed by atoms with Crippen molar-refractivity contribution < 1.29 is 27.8 Å². The molecule has 24 heavy (non-hydrogen) atoms. The van der Waals surface area contributed by atoms with Crippen LogP contribution in [0, 0.1) is 0 Å². The quantitative estimate of drug-likeness (QED) is 0.214. The maximum absolute atomic E-state index is 10.7. The zero-order chi connectivity index (χ0) is 18.0. The summed E-state index contributed by atoms with van der Waals surface area (Å²) in [6.07, 6.45) is 0.368. The maximum atomic E-state index is 10.7. The summed E-state index contributed by atoms with van der Waals surface area (Å²) >= 11 is 0. The molecule has 12 heteroatoms. The lowest BCUT2D eigenvalue weighted by Crippen LogP contribution is -2.32. The number of imide groups is 1. The minimum Gasteiger partial charge on any atom is -0.309 e. The van der Waals surface area contributed by atoms with Crippen molar-refractivity contribution in [3.63, 3.8) is 0 Å². The minimum atomic E-state index is -4.59. The van der Waals surface area contributed by atoms with Crippen LogP contribution in [0.1, 0.15) is 19.8 Å². The molecule has 10 nitrogen and oxygen atoms in total. The first-order valence-electron chi connectivity index (χ1n) is 6.85. The van der Waals surface area contributed by atoms with E-state index >= 15 is 0 Å². The summed E-state index contributed by atoms with van der Waals surface area (Å²) in [6.45, 7) is 4.67. The molecule has 0 bridgehead atoms. The molecule has 2 amide bonds.